The summed E-state index contributed by atoms with van der Waals surface area (Å²) in [5.74, 6) is -0.893. The lowest BCUT2D eigenvalue weighted by atomic mass is 10.0. The maximum Gasteiger partial charge on any atom is 0.244 e. The second-order valence-corrected chi connectivity index (χ2v) is 12.8. The molecule has 0 bridgehead atoms. The maximum atomic E-state index is 14.2. The van der Waals surface area contributed by atoms with Crippen LogP contribution >= 0.6 is 23.2 Å². The molecule has 7 nitrogen and oxygen atoms in total. The fraction of sp³-hybridized carbons (Fsp3) is 0.355. The van der Waals surface area contributed by atoms with Crippen LogP contribution in [-0.4, -0.2) is 50.5 Å². The lowest BCUT2D eigenvalue weighted by Gasteiger charge is -2.34. The highest BCUT2D eigenvalue weighted by Crippen LogP contribution is 2.29. The van der Waals surface area contributed by atoms with Gasteiger partial charge in [-0.05, 0) is 55.2 Å². The summed E-state index contributed by atoms with van der Waals surface area (Å²) in [6, 6.07) is 18.8. The summed E-state index contributed by atoms with van der Waals surface area (Å²) < 4.78 is 27.1. The number of halogens is 2. The number of unbranched alkanes of at least 4 members (excludes halogenated alkanes) is 1. The summed E-state index contributed by atoms with van der Waals surface area (Å²) in [7, 11) is -3.86. The summed E-state index contributed by atoms with van der Waals surface area (Å²) >= 11 is 13.0. The van der Waals surface area contributed by atoms with Crippen LogP contribution < -0.4 is 9.62 Å². The molecule has 0 saturated carbocycles. The molecule has 0 aliphatic heterocycles. The molecular formula is C31H37Cl2N3O4S. The minimum Gasteiger partial charge on any atom is -0.354 e. The first-order chi connectivity index (χ1) is 19.4. The lowest BCUT2D eigenvalue weighted by molar-refractivity contribution is -0.140. The Morgan fingerprint density at radius 1 is 0.927 bits per heavy atom. The molecule has 0 unspecified atom stereocenters. The average Bonchev–Trinajstić information content (AvgIpc) is 2.92. The molecule has 0 heterocycles. The molecule has 0 radical (unpaired) electrons. The molecule has 3 rings (SSSR count). The number of amides is 2. The van der Waals surface area contributed by atoms with Gasteiger partial charge in [0, 0.05) is 35.1 Å². The lowest BCUT2D eigenvalue weighted by Crippen LogP contribution is -2.53. The second-order valence-electron chi connectivity index (χ2n) is 10.1. The van der Waals surface area contributed by atoms with E-state index in [9.17, 15) is 18.0 Å². The standard InChI is InChI=1S/C31H37Cl2N3O4S/c1-5-6-18-34-31(38)29(19-24-13-8-7-9-14-24)35(20-25-26(32)15-11-16-27(25)33)30(37)21-36(41(4,39)40)28-17-10-12-22(2)23(28)3/h7-17,29H,5-6,18-21H2,1-4H3,(H,34,38)/t29-/m0/s1. The third kappa shape index (κ3) is 8.71. The molecule has 0 aliphatic carbocycles. The van der Waals surface area contributed by atoms with Gasteiger partial charge < -0.3 is 10.2 Å². The molecule has 41 heavy (non-hydrogen) atoms. The fourth-order valence-electron chi connectivity index (χ4n) is 4.51. The van der Waals surface area contributed by atoms with Gasteiger partial charge in [0.2, 0.25) is 21.8 Å². The highest BCUT2D eigenvalue weighted by molar-refractivity contribution is 7.92. The van der Waals surface area contributed by atoms with Gasteiger partial charge in [0.1, 0.15) is 12.6 Å². The quantitative estimate of drug-likeness (QED) is 0.241. The van der Waals surface area contributed by atoms with Crippen LogP contribution in [0.5, 0.6) is 0 Å². The Morgan fingerprint density at radius 2 is 1.56 bits per heavy atom. The number of benzene rings is 3. The van der Waals surface area contributed by atoms with Crippen LogP contribution in [0.3, 0.4) is 0 Å². The molecule has 1 atom stereocenters. The van der Waals surface area contributed by atoms with Crippen LogP contribution in [0.15, 0.2) is 66.7 Å². The van der Waals surface area contributed by atoms with E-state index in [0.717, 1.165) is 40.1 Å². The second kappa shape index (κ2) is 14.7. The number of nitrogens with zero attached hydrogens (tertiary/aromatic N) is 2. The Kier molecular flexibility index (Phi) is 11.6. The Labute approximate surface area is 253 Å². The van der Waals surface area contributed by atoms with Gasteiger partial charge in [0.15, 0.2) is 0 Å². The SMILES string of the molecule is CCCCNC(=O)[C@H](Cc1ccccc1)N(Cc1c(Cl)cccc1Cl)C(=O)CN(c1cccc(C)c1C)S(C)(=O)=O. The summed E-state index contributed by atoms with van der Waals surface area (Å²) in [6.45, 7) is 5.58. The van der Waals surface area contributed by atoms with Crippen molar-refractivity contribution in [2.45, 2.75) is 52.6 Å². The Bertz CT molecular complexity index is 1450. The Morgan fingerprint density at radius 3 is 2.17 bits per heavy atom. The third-order valence-electron chi connectivity index (χ3n) is 7.01. The van der Waals surface area contributed by atoms with E-state index in [1.54, 1.807) is 30.3 Å². The van der Waals surface area contributed by atoms with Crippen molar-refractivity contribution in [2.24, 2.45) is 0 Å². The number of anilines is 1. The number of carbonyl (C=O) groups is 2. The van der Waals surface area contributed by atoms with Crippen molar-refractivity contribution >= 4 is 50.7 Å². The summed E-state index contributed by atoms with van der Waals surface area (Å²) in [5, 5.41) is 3.64. The van der Waals surface area contributed by atoms with E-state index in [1.165, 1.54) is 4.90 Å². The largest absolute Gasteiger partial charge is 0.354 e. The third-order valence-corrected chi connectivity index (χ3v) is 8.85. The maximum absolute atomic E-state index is 14.2. The van der Waals surface area contributed by atoms with Crippen molar-refractivity contribution < 1.29 is 18.0 Å². The first-order valence-corrected chi connectivity index (χ1v) is 16.1. The molecule has 0 fully saturated rings. The van der Waals surface area contributed by atoms with Crippen LogP contribution in [0, 0.1) is 13.8 Å². The molecule has 0 aromatic heterocycles. The molecule has 0 spiro atoms. The van der Waals surface area contributed by atoms with Gasteiger partial charge in [-0.2, -0.15) is 0 Å². The van der Waals surface area contributed by atoms with E-state index < -0.39 is 28.5 Å². The minimum atomic E-state index is -3.86. The minimum absolute atomic E-state index is 0.0829. The Hall–Kier alpha value is -3.07. The summed E-state index contributed by atoms with van der Waals surface area (Å²) in [5.41, 5.74) is 3.36. The van der Waals surface area contributed by atoms with E-state index in [-0.39, 0.29) is 18.9 Å². The van der Waals surface area contributed by atoms with Gasteiger partial charge >= 0.3 is 0 Å². The van der Waals surface area contributed by atoms with Gasteiger partial charge in [-0.15, -0.1) is 0 Å². The normalized spacial score (nSPS) is 12.0. The van der Waals surface area contributed by atoms with E-state index in [0.29, 0.717) is 27.8 Å². The number of sulfonamides is 1. The molecule has 1 N–H and O–H groups in total. The number of hydrogen-bond donors (Lipinski definition) is 1. The monoisotopic (exact) mass is 617 g/mol. The van der Waals surface area contributed by atoms with Gasteiger partial charge in [0.05, 0.1) is 11.9 Å². The van der Waals surface area contributed by atoms with E-state index >= 15 is 0 Å². The van der Waals surface area contributed by atoms with Crippen LogP contribution in [0.4, 0.5) is 5.69 Å². The van der Waals surface area contributed by atoms with Gasteiger partial charge in [-0.1, -0.05) is 85.1 Å². The first kappa shape index (κ1) is 32.4. The highest BCUT2D eigenvalue weighted by Gasteiger charge is 2.34. The number of nitrogens with one attached hydrogen (secondary N) is 1. The van der Waals surface area contributed by atoms with Crippen LogP contribution in [-0.2, 0) is 32.6 Å². The number of carbonyl (C=O) groups excluding carboxylic acids is 2. The fourth-order valence-corrected chi connectivity index (χ4v) is 5.93. The van der Waals surface area contributed by atoms with Crippen molar-refractivity contribution in [3.8, 4) is 0 Å². The predicted molar refractivity (Wildman–Crippen MR) is 167 cm³/mol. The summed E-state index contributed by atoms with van der Waals surface area (Å²) in [6.07, 6.45) is 2.95. The average molecular weight is 619 g/mol. The highest BCUT2D eigenvalue weighted by atomic mass is 35.5. The molecule has 10 heteroatoms. The predicted octanol–water partition coefficient (Wildman–Crippen LogP) is 5.93. The van der Waals surface area contributed by atoms with E-state index in [1.807, 2.05) is 57.2 Å². The molecule has 3 aromatic carbocycles. The zero-order valence-corrected chi connectivity index (χ0v) is 26.2. The van der Waals surface area contributed by atoms with Crippen molar-refractivity contribution in [1.29, 1.82) is 0 Å². The Balaban J connectivity index is 2.11. The van der Waals surface area contributed by atoms with E-state index in [4.69, 9.17) is 23.2 Å². The smallest absolute Gasteiger partial charge is 0.244 e. The van der Waals surface area contributed by atoms with Crippen molar-refractivity contribution in [1.82, 2.24) is 10.2 Å². The van der Waals surface area contributed by atoms with Gasteiger partial charge in [-0.3, -0.25) is 13.9 Å². The van der Waals surface area contributed by atoms with Gasteiger partial charge in [-0.25, -0.2) is 8.42 Å². The zero-order valence-electron chi connectivity index (χ0n) is 23.9. The molecule has 0 saturated heterocycles. The number of aryl methyl sites for hydroxylation is 1. The van der Waals surface area contributed by atoms with Crippen molar-refractivity contribution in [3.05, 3.63) is 99.0 Å². The topological polar surface area (TPSA) is 86.8 Å². The van der Waals surface area contributed by atoms with Crippen molar-refractivity contribution in [3.63, 3.8) is 0 Å². The van der Waals surface area contributed by atoms with Crippen LogP contribution in [0.1, 0.15) is 42.0 Å². The zero-order chi connectivity index (χ0) is 30.2. The molecule has 3 aromatic rings. The number of hydrogen-bond acceptors (Lipinski definition) is 4. The first-order valence-electron chi connectivity index (χ1n) is 13.5. The van der Waals surface area contributed by atoms with Crippen LogP contribution in [0.25, 0.3) is 0 Å². The molecule has 220 valence electrons. The van der Waals surface area contributed by atoms with Crippen molar-refractivity contribution in [2.75, 3.05) is 23.7 Å². The number of rotatable bonds is 13. The van der Waals surface area contributed by atoms with Gasteiger partial charge in [0.25, 0.3) is 0 Å². The van der Waals surface area contributed by atoms with E-state index in [2.05, 4.69) is 5.32 Å². The molecule has 0 aliphatic rings. The molecular weight excluding hydrogens is 581 g/mol. The summed E-state index contributed by atoms with van der Waals surface area (Å²) in [4.78, 5) is 29.3. The molecule has 2 amide bonds. The van der Waals surface area contributed by atoms with Crippen LogP contribution in [0.2, 0.25) is 10.0 Å².